The standard InChI is InChI=1S/C14H22O.C12H26O4S.Na/c1-2-3-4-5-6-10-13-15-14-11-8-7-9-12-14;1-2-3-4-5-6-7-8-9-10-11-12-16-17(13,14)15;/h7-9,11-12H,2-6,10,13H2,1H3;2-12H2,1H3,(H,13,14,15);/q;;+1/p-1. The molecule has 0 heterocycles. The maximum atomic E-state index is 10.1. The Morgan fingerprint density at radius 2 is 1.03 bits per heavy atom. The second-order valence-electron chi connectivity index (χ2n) is 8.34. The molecule has 0 amide bonds. The molecule has 0 bridgehead atoms. The summed E-state index contributed by atoms with van der Waals surface area (Å²) in [4.78, 5) is 0. The van der Waals surface area contributed by atoms with Crippen LogP contribution in [0.2, 0.25) is 0 Å². The average Bonchev–Trinajstić information content (AvgIpc) is 2.77. The van der Waals surface area contributed by atoms with Gasteiger partial charge < -0.3 is 9.29 Å². The molecule has 0 saturated carbocycles. The third-order valence-corrected chi connectivity index (χ3v) is 5.69. The van der Waals surface area contributed by atoms with Gasteiger partial charge in [0.1, 0.15) is 5.75 Å². The number of hydrogen-bond acceptors (Lipinski definition) is 5. The van der Waals surface area contributed by atoms with Crippen LogP contribution in [0.1, 0.15) is 117 Å². The maximum absolute atomic E-state index is 10.1. The molecule has 7 heteroatoms. The van der Waals surface area contributed by atoms with E-state index in [-0.39, 0.29) is 36.2 Å². The van der Waals surface area contributed by atoms with Crippen LogP contribution in [-0.4, -0.2) is 26.2 Å². The number of hydrogen-bond donors (Lipinski definition) is 0. The molecule has 0 atom stereocenters. The van der Waals surface area contributed by atoms with Crippen molar-refractivity contribution in [2.75, 3.05) is 13.2 Å². The number of benzene rings is 1. The molecule has 0 spiro atoms. The van der Waals surface area contributed by atoms with Gasteiger partial charge in [-0.15, -0.1) is 0 Å². The topological polar surface area (TPSA) is 75.7 Å². The van der Waals surface area contributed by atoms with E-state index in [1.165, 1.54) is 83.5 Å². The van der Waals surface area contributed by atoms with Crippen molar-refractivity contribution >= 4 is 10.4 Å². The Balaban J connectivity index is 0. The minimum absolute atomic E-state index is 0. The van der Waals surface area contributed by atoms with E-state index in [9.17, 15) is 13.0 Å². The molecule has 188 valence electrons. The predicted molar refractivity (Wildman–Crippen MR) is 133 cm³/mol. The summed E-state index contributed by atoms with van der Waals surface area (Å²) >= 11 is 0. The molecular weight excluding hydrogens is 447 g/mol. The molecule has 0 radical (unpaired) electrons. The molecule has 0 aliphatic heterocycles. The van der Waals surface area contributed by atoms with E-state index in [2.05, 4.69) is 18.0 Å². The third kappa shape index (κ3) is 29.9. The van der Waals surface area contributed by atoms with Gasteiger partial charge in [-0.1, -0.05) is 122 Å². The van der Waals surface area contributed by atoms with E-state index < -0.39 is 10.4 Å². The van der Waals surface area contributed by atoms with Crippen LogP contribution in [0.3, 0.4) is 0 Å². The van der Waals surface area contributed by atoms with Crippen molar-refractivity contribution in [2.24, 2.45) is 0 Å². The first-order valence-corrected chi connectivity index (χ1v) is 14.1. The molecule has 5 nitrogen and oxygen atoms in total. The molecule has 0 fully saturated rings. The smallest absolute Gasteiger partial charge is 0.726 e. The van der Waals surface area contributed by atoms with E-state index in [1.807, 2.05) is 30.3 Å². The molecule has 33 heavy (non-hydrogen) atoms. The molecule has 0 aliphatic rings. The van der Waals surface area contributed by atoms with Gasteiger partial charge in [0.05, 0.1) is 13.2 Å². The number of ether oxygens (including phenoxy) is 1. The van der Waals surface area contributed by atoms with Crippen molar-refractivity contribution in [1.82, 2.24) is 0 Å². The Morgan fingerprint density at radius 3 is 1.45 bits per heavy atom. The van der Waals surface area contributed by atoms with Crippen LogP contribution in [0, 0.1) is 0 Å². The van der Waals surface area contributed by atoms with Gasteiger partial charge in [0, 0.05) is 0 Å². The molecule has 1 aromatic carbocycles. The normalized spacial score (nSPS) is 10.8. The quantitative estimate of drug-likeness (QED) is 0.112. The molecule has 0 unspecified atom stereocenters. The van der Waals surface area contributed by atoms with Gasteiger partial charge in [-0.25, -0.2) is 8.42 Å². The zero-order chi connectivity index (χ0) is 23.8. The summed E-state index contributed by atoms with van der Waals surface area (Å²) in [5.41, 5.74) is 0. The van der Waals surface area contributed by atoms with Crippen molar-refractivity contribution in [2.45, 2.75) is 117 Å². The Hall–Kier alpha value is -0.110. The summed E-state index contributed by atoms with van der Waals surface area (Å²) in [5.74, 6) is 0.992. The van der Waals surface area contributed by atoms with Crippen LogP contribution >= 0.6 is 0 Å². The summed E-state index contributed by atoms with van der Waals surface area (Å²) in [6, 6.07) is 10.1. The van der Waals surface area contributed by atoms with Gasteiger partial charge in [0.2, 0.25) is 10.4 Å². The van der Waals surface area contributed by atoms with Crippen LogP contribution in [0.25, 0.3) is 0 Å². The van der Waals surface area contributed by atoms with E-state index >= 15 is 0 Å². The SMILES string of the molecule is CCCCCCCCCCCCOS(=O)(=O)[O-].CCCCCCCCOc1ccccc1.[Na+]. The second kappa shape index (κ2) is 26.5. The van der Waals surface area contributed by atoms with Gasteiger partial charge in [0.25, 0.3) is 0 Å². The number of unbranched alkanes of at least 4 members (excludes halogenated alkanes) is 14. The molecule has 0 N–H and O–H groups in total. The second-order valence-corrected chi connectivity index (χ2v) is 9.39. The number of para-hydroxylation sites is 1. The van der Waals surface area contributed by atoms with E-state index in [4.69, 9.17) is 4.74 Å². The van der Waals surface area contributed by atoms with E-state index in [0.29, 0.717) is 6.42 Å². The fourth-order valence-corrected chi connectivity index (χ4v) is 3.66. The first-order chi connectivity index (χ1) is 15.5. The van der Waals surface area contributed by atoms with Crippen LogP contribution in [0.15, 0.2) is 30.3 Å². The fourth-order valence-electron chi connectivity index (χ4n) is 3.34. The van der Waals surface area contributed by atoms with Crippen molar-refractivity contribution in [3.05, 3.63) is 30.3 Å². The Morgan fingerprint density at radius 1 is 0.636 bits per heavy atom. The molecule has 1 aromatic rings. The predicted octanol–water partition coefficient (Wildman–Crippen LogP) is 4.81. The zero-order valence-corrected chi connectivity index (χ0v) is 24.4. The van der Waals surface area contributed by atoms with Crippen LogP contribution in [0.4, 0.5) is 0 Å². The fraction of sp³-hybridized carbons (Fsp3) is 0.769. The Bertz CT molecular complexity index is 596. The van der Waals surface area contributed by atoms with Gasteiger partial charge in [-0.3, -0.25) is 4.18 Å². The Kier molecular flexibility index (Phi) is 28.1. The summed E-state index contributed by atoms with van der Waals surface area (Å²) in [7, 11) is -4.48. The summed E-state index contributed by atoms with van der Waals surface area (Å²) < 4.78 is 40.1. The first kappa shape index (κ1) is 35.1. The monoisotopic (exact) mass is 494 g/mol. The minimum Gasteiger partial charge on any atom is -0.726 e. The third-order valence-electron chi connectivity index (χ3n) is 5.24. The van der Waals surface area contributed by atoms with Crippen molar-refractivity contribution < 1.29 is 51.4 Å². The van der Waals surface area contributed by atoms with Crippen LogP contribution < -0.4 is 34.3 Å². The average molecular weight is 495 g/mol. The maximum Gasteiger partial charge on any atom is 1.00 e. The van der Waals surface area contributed by atoms with Crippen molar-refractivity contribution in [3.8, 4) is 5.75 Å². The number of rotatable bonds is 20. The molecule has 1 rings (SSSR count). The van der Waals surface area contributed by atoms with Crippen LogP contribution in [-0.2, 0) is 14.6 Å². The summed E-state index contributed by atoms with van der Waals surface area (Å²) in [6.07, 6.45) is 19.6. The largest absolute Gasteiger partial charge is 1.00 e. The molecule has 0 aliphatic carbocycles. The Labute approximate surface area is 226 Å². The molecule has 0 saturated heterocycles. The molecule has 0 aromatic heterocycles. The van der Waals surface area contributed by atoms with E-state index in [1.54, 1.807) is 0 Å². The van der Waals surface area contributed by atoms with Crippen LogP contribution in [0.5, 0.6) is 5.75 Å². The first-order valence-electron chi connectivity index (χ1n) is 12.8. The van der Waals surface area contributed by atoms with Gasteiger partial charge in [0.15, 0.2) is 0 Å². The minimum atomic E-state index is -4.48. The van der Waals surface area contributed by atoms with Gasteiger partial charge in [-0.2, -0.15) is 0 Å². The van der Waals surface area contributed by atoms with Gasteiger partial charge >= 0.3 is 29.6 Å². The summed E-state index contributed by atoms with van der Waals surface area (Å²) in [5, 5.41) is 0. The van der Waals surface area contributed by atoms with Gasteiger partial charge in [-0.05, 0) is 25.0 Å². The molecular formula is C26H47NaO5S. The van der Waals surface area contributed by atoms with Crippen molar-refractivity contribution in [1.29, 1.82) is 0 Å². The van der Waals surface area contributed by atoms with Crippen molar-refractivity contribution in [3.63, 3.8) is 0 Å². The summed E-state index contributed by atoms with van der Waals surface area (Å²) in [6.45, 7) is 5.35. The van der Waals surface area contributed by atoms with E-state index in [0.717, 1.165) is 25.2 Å². The zero-order valence-electron chi connectivity index (χ0n) is 21.6.